The van der Waals surface area contributed by atoms with Crippen LogP contribution in [0.1, 0.15) is 224 Å². The largest absolute Gasteiger partial charge is 0.365 e. The predicted octanol–water partition coefficient (Wildman–Crippen LogP) is 12.2. The molecule has 50 heavy (non-hydrogen) atoms. The van der Waals surface area contributed by atoms with Gasteiger partial charge in [0.1, 0.15) is 0 Å². The third kappa shape index (κ3) is 14.2. The zero-order valence-corrected chi connectivity index (χ0v) is 35.5. The lowest BCUT2D eigenvalue weighted by Gasteiger charge is -2.59. The van der Waals surface area contributed by atoms with Crippen molar-refractivity contribution in [1.29, 1.82) is 0 Å². The third-order valence-corrected chi connectivity index (χ3v) is 12.2. The van der Waals surface area contributed by atoms with Gasteiger partial charge in [0.2, 0.25) is 0 Å². The first-order chi connectivity index (χ1) is 23.5. The van der Waals surface area contributed by atoms with Crippen molar-refractivity contribution in [3.05, 3.63) is 0 Å². The Hall–Kier alpha value is -0.240. The SMILES string of the molecule is CCCCCCCCON1C(C)(C)CC(C(CCCCCCCC)C(O)(O)C2CC(C)(C)N(OCCCCCCCC)C(C)(C)C2)CC1(C)C. The van der Waals surface area contributed by atoms with Gasteiger partial charge in [-0.1, -0.05) is 124 Å². The molecule has 1 unspecified atom stereocenters. The second kappa shape index (κ2) is 21.6. The van der Waals surface area contributed by atoms with Gasteiger partial charge in [0.25, 0.3) is 0 Å². The number of hydrogen-bond donors (Lipinski definition) is 2. The van der Waals surface area contributed by atoms with Crippen LogP contribution < -0.4 is 0 Å². The van der Waals surface area contributed by atoms with Crippen LogP contribution in [0, 0.1) is 17.8 Å². The summed E-state index contributed by atoms with van der Waals surface area (Å²) >= 11 is 0. The van der Waals surface area contributed by atoms with Crippen molar-refractivity contribution in [1.82, 2.24) is 10.1 Å². The van der Waals surface area contributed by atoms with Crippen LogP contribution in [0.5, 0.6) is 0 Å². The fraction of sp³-hybridized carbons (Fsp3) is 1.00. The van der Waals surface area contributed by atoms with Gasteiger partial charge in [-0.3, -0.25) is 9.68 Å². The standard InChI is InChI=1S/C44H88N2O4/c1-12-15-18-21-24-27-30-39(37-33-40(4,5)45(41(6,7)34-37)49-31-28-25-22-19-16-13-2)44(47,48)38-35-42(8,9)46(43(10,11)36-38)50-32-29-26-23-20-17-14-3/h37-39,47-48H,12-36H2,1-11H3. The molecule has 2 aliphatic rings. The van der Waals surface area contributed by atoms with E-state index in [1.807, 2.05) is 0 Å². The van der Waals surface area contributed by atoms with Crippen molar-refractivity contribution in [2.45, 2.75) is 252 Å². The molecule has 0 aromatic rings. The van der Waals surface area contributed by atoms with E-state index < -0.39 is 5.79 Å². The molecule has 1 atom stereocenters. The number of aliphatic hydroxyl groups is 2. The van der Waals surface area contributed by atoms with Crippen LogP contribution in [0.15, 0.2) is 0 Å². The van der Waals surface area contributed by atoms with Gasteiger partial charge in [-0.05, 0) is 106 Å². The molecule has 0 radical (unpaired) electrons. The topological polar surface area (TPSA) is 65.4 Å². The second-order valence-electron chi connectivity index (χ2n) is 19.3. The molecule has 0 aromatic heterocycles. The van der Waals surface area contributed by atoms with Gasteiger partial charge < -0.3 is 10.2 Å². The van der Waals surface area contributed by atoms with Crippen LogP contribution in [0.3, 0.4) is 0 Å². The molecule has 0 aliphatic carbocycles. The van der Waals surface area contributed by atoms with Crippen molar-refractivity contribution < 1.29 is 19.9 Å². The number of piperidine rings is 2. The number of hydroxylamine groups is 4. The lowest BCUT2D eigenvalue weighted by Crippen LogP contribution is -2.66. The molecule has 2 fully saturated rings. The summed E-state index contributed by atoms with van der Waals surface area (Å²) in [5.41, 5.74) is -1.00. The Kier molecular flexibility index (Phi) is 19.8. The predicted molar refractivity (Wildman–Crippen MR) is 213 cm³/mol. The summed E-state index contributed by atoms with van der Waals surface area (Å²) in [5, 5.41) is 29.7. The van der Waals surface area contributed by atoms with Gasteiger partial charge in [-0.2, -0.15) is 10.1 Å². The lowest BCUT2D eigenvalue weighted by molar-refractivity contribution is -0.333. The molecule has 0 spiro atoms. The fourth-order valence-electron chi connectivity index (χ4n) is 10.2. The van der Waals surface area contributed by atoms with Crippen LogP contribution in [-0.4, -0.2) is 61.5 Å². The summed E-state index contributed by atoms with van der Waals surface area (Å²) < 4.78 is 0. The van der Waals surface area contributed by atoms with E-state index in [-0.39, 0.29) is 39.9 Å². The molecule has 2 saturated heterocycles. The van der Waals surface area contributed by atoms with Crippen molar-refractivity contribution >= 4 is 0 Å². The first-order valence-corrected chi connectivity index (χ1v) is 21.8. The van der Waals surface area contributed by atoms with E-state index in [2.05, 4.69) is 86.3 Å². The van der Waals surface area contributed by atoms with E-state index in [4.69, 9.17) is 9.68 Å². The minimum Gasteiger partial charge on any atom is -0.365 e. The Morgan fingerprint density at radius 1 is 0.500 bits per heavy atom. The van der Waals surface area contributed by atoms with Gasteiger partial charge in [-0.25, -0.2) is 0 Å². The van der Waals surface area contributed by atoms with E-state index in [0.717, 1.165) is 51.7 Å². The molecule has 0 amide bonds. The van der Waals surface area contributed by atoms with Gasteiger partial charge in [-0.15, -0.1) is 0 Å². The minimum absolute atomic E-state index is 0.180. The Labute approximate surface area is 312 Å². The molecule has 2 heterocycles. The summed E-state index contributed by atoms with van der Waals surface area (Å²) in [4.78, 5) is 13.2. The van der Waals surface area contributed by atoms with Crippen molar-refractivity contribution in [3.63, 3.8) is 0 Å². The van der Waals surface area contributed by atoms with Gasteiger partial charge >= 0.3 is 0 Å². The molecule has 298 valence electrons. The summed E-state index contributed by atoms with van der Waals surface area (Å²) in [5.74, 6) is -1.95. The molecule has 6 heteroatoms. The molecular weight excluding hydrogens is 620 g/mol. The molecule has 0 saturated carbocycles. The summed E-state index contributed by atoms with van der Waals surface area (Å²) in [6.07, 6.45) is 26.4. The lowest BCUT2D eigenvalue weighted by atomic mass is 9.62. The Morgan fingerprint density at radius 3 is 1.20 bits per heavy atom. The van der Waals surface area contributed by atoms with Gasteiger partial charge in [0, 0.05) is 34.0 Å². The zero-order valence-electron chi connectivity index (χ0n) is 35.5. The first-order valence-electron chi connectivity index (χ1n) is 21.8. The highest BCUT2D eigenvalue weighted by molar-refractivity contribution is 5.05. The summed E-state index contributed by atoms with van der Waals surface area (Å²) in [7, 11) is 0. The normalized spacial score (nSPS) is 22.3. The average molecular weight is 709 g/mol. The van der Waals surface area contributed by atoms with E-state index in [9.17, 15) is 10.2 Å². The van der Waals surface area contributed by atoms with Crippen molar-refractivity contribution in [2.75, 3.05) is 13.2 Å². The van der Waals surface area contributed by atoms with E-state index in [1.54, 1.807) is 0 Å². The van der Waals surface area contributed by atoms with E-state index in [1.165, 1.54) is 96.3 Å². The van der Waals surface area contributed by atoms with Crippen LogP contribution >= 0.6 is 0 Å². The maximum Gasteiger partial charge on any atom is 0.168 e. The van der Waals surface area contributed by atoms with Crippen LogP contribution in [-0.2, 0) is 9.68 Å². The molecule has 2 rings (SSSR count). The Bertz CT molecular complexity index is 864. The zero-order chi connectivity index (χ0) is 37.5. The smallest absolute Gasteiger partial charge is 0.168 e. The van der Waals surface area contributed by atoms with E-state index in [0.29, 0.717) is 12.8 Å². The van der Waals surface area contributed by atoms with Gasteiger partial charge in [0.05, 0.1) is 13.2 Å². The Balaban J connectivity index is 2.21. The van der Waals surface area contributed by atoms with E-state index >= 15 is 0 Å². The van der Waals surface area contributed by atoms with Crippen LogP contribution in [0.2, 0.25) is 0 Å². The second-order valence-corrected chi connectivity index (χ2v) is 19.3. The molecule has 6 nitrogen and oxygen atoms in total. The first kappa shape index (κ1) is 45.9. The molecule has 0 bridgehead atoms. The fourth-order valence-corrected chi connectivity index (χ4v) is 10.2. The van der Waals surface area contributed by atoms with Gasteiger partial charge in [0.15, 0.2) is 5.79 Å². The molecule has 0 aromatic carbocycles. The molecule has 2 N–H and O–H groups in total. The average Bonchev–Trinajstić information content (AvgIpc) is 3.00. The highest BCUT2D eigenvalue weighted by Crippen LogP contribution is 2.52. The van der Waals surface area contributed by atoms with Crippen LogP contribution in [0.4, 0.5) is 0 Å². The monoisotopic (exact) mass is 709 g/mol. The molecule has 2 aliphatic heterocycles. The number of unbranched alkanes of at least 4 members (excludes halogenated alkanes) is 15. The molecular formula is C44H88N2O4. The van der Waals surface area contributed by atoms with Crippen molar-refractivity contribution in [2.24, 2.45) is 17.8 Å². The maximum absolute atomic E-state index is 12.6. The van der Waals surface area contributed by atoms with Crippen molar-refractivity contribution in [3.8, 4) is 0 Å². The summed E-state index contributed by atoms with van der Waals surface area (Å²) in [6.45, 7) is 26.5. The highest BCUT2D eigenvalue weighted by atomic mass is 16.7. The summed E-state index contributed by atoms with van der Waals surface area (Å²) in [6, 6.07) is 0. The van der Waals surface area contributed by atoms with Crippen LogP contribution in [0.25, 0.3) is 0 Å². The number of rotatable bonds is 26. The number of nitrogens with zero attached hydrogens (tertiary/aromatic N) is 2. The quantitative estimate of drug-likeness (QED) is 0.0689. The third-order valence-electron chi connectivity index (χ3n) is 12.2. The highest BCUT2D eigenvalue weighted by Gasteiger charge is 2.57. The maximum atomic E-state index is 12.6. The Morgan fingerprint density at radius 2 is 0.820 bits per heavy atom. The minimum atomic E-state index is -1.75. The number of hydrogen-bond acceptors (Lipinski definition) is 6.